The summed E-state index contributed by atoms with van der Waals surface area (Å²) >= 11 is 0. The third-order valence-corrected chi connectivity index (χ3v) is 1.34. The van der Waals surface area contributed by atoms with Crippen molar-refractivity contribution in [2.24, 2.45) is 0 Å². The molecule has 10 heavy (non-hydrogen) atoms. The van der Waals surface area contributed by atoms with Crippen LogP contribution in [-0.4, -0.2) is 0 Å². The molecule has 0 bridgehead atoms. The molecule has 0 saturated carbocycles. The highest BCUT2D eigenvalue weighted by atomic mass is 14.2. The molecule has 56 valence electrons. The lowest BCUT2D eigenvalue weighted by Crippen LogP contribution is -1.77. The summed E-state index contributed by atoms with van der Waals surface area (Å²) in [6.07, 6.45) is 6.24. The van der Waals surface area contributed by atoms with Crippen molar-refractivity contribution >= 4 is 0 Å². The van der Waals surface area contributed by atoms with Crippen molar-refractivity contribution in [1.82, 2.24) is 0 Å². The van der Waals surface area contributed by atoms with E-state index >= 15 is 0 Å². The standard InChI is InChI=1S/C9H15N/c1-3-5-7-9(8-10)6-4-2/h7H,3-6H2,1-2H3/b9-7+. The van der Waals surface area contributed by atoms with Crippen molar-refractivity contribution in [1.29, 1.82) is 5.26 Å². The normalized spacial score (nSPS) is 11.1. The van der Waals surface area contributed by atoms with E-state index in [0.29, 0.717) is 0 Å². The lowest BCUT2D eigenvalue weighted by atomic mass is 10.1. The molecule has 0 amide bonds. The molecule has 0 aliphatic rings. The van der Waals surface area contributed by atoms with Crippen LogP contribution in [0.1, 0.15) is 39.5 Å². The minimum Gasteiger partial charge on any atom is -0.193 e. The minimum atomic E-state index is 0.941. The van der Waals surface area contributed by atoms with Gasteiger partial charge in [0, 0.05) is 5.57 Å². The summed E-state index contributed by atoms with van der Waals surface area (Å²) in [4.78, 5) is 0. The number of unbranched alkanes of at least 4 members (excludes halogenated alkanes) is 1. The average molecular weight is 137 g/mol. The number of nitriles is 1. The first-order valence-corrected chi connectivity index (χ1v) is 3.94. The molecule has 0 radical (unpaired) electrons. The van der Waals surface area contributed by atoms with Gasteiger partial charge < -0.3 is 0 Å². The molecule has 0 saturated heterocycles. The summed E-state index contributed by atoms with van der Waals surface area (Å²) < 4.78 is 0. The van der Waals surface area contributed by atoms with Gasteiger partial charge in [0.1, 0.15) is 0 Å². The smallest absolute Gasteiger partial charge is 0.0943 e. The highest BCUT2D eigenvalue weighted by Gasteiger charge is 1.90. The number of allylic oxidation sites excluding steroid dienone is 2. The van der Waals surface area contributed by atoms with E-state index in [2.05, 4.69) is 19.9 Å². The Bertz CT molecular complexity index is 139. The number of rotatable bonds is 4. The zero-order chi connectivity index (χ0) is 7.82. The van der Waals surface area contributed by atoms with Gasteiger partial charge in [-0.05, 0) is 12.8 Å². The fourth-order valence-corrected chi connectivity index (χ4v) is 0.792. The molecular weight excluding hydrogens is 122 g/mol. The van der Waals surface area contributed by atoms with Crippen LogP contribution in [0.2, 0.25) is 0 Å². The summed E-state index contributed by atoms with van der Waals surface area (Å²) in [5, 5.41) is 8.57. The van der Waals surface area contributed by atoms with Crippen LogP contribution in [0.4, 0.5) is 0 Å². The van der Waals surface area contributed by atoms with Gasteiger partial charge in [0.15, 0.2) is 0 Å². The quantitative estimate of drug-likeness (QED) is 0.546. The fraction of sp³-hybridized carbons (Fsp3) is 0.667. The van der Waals surface area contributed by atoms with Crippen LogP contribution >= 0.6 is 0 Å². The highest BCUT2D eigenvalue weighted by molar-refractivity contribution is 5.19. The molecule has 0 aliphatic carbocycles. The third-order valence-electron chi connectivity index (χ3n) is 1.34. The van der Waals surface area contributed by atoms with Crippen LogP contribution in [0.25, 0.3) is 0 Å². The van der Waals surface area contributed by atoms with Crippen molar-refractivity contribution in [2.75, 3.05) is 0 Å². The van der Waals surface area contributed by atoms with E-state index in [1.165, 1.54) is 0 Å². The molecule has 0 aromatic carbocycles. The summed E-state index contributed by atoms with van der Waals surface area (Å²) in [7, 11) is 0. The van der Waals surface area contributed by atoms with Crippen LogP contribution in [0.5, 0.6) is 0 Å². The lowest BCUT2D eigenvalue weighted by molar-refractivity contribution is 0.897. The van der Waals surface area contributed by atoms with Crippen LogP contribution in [-0.2, 0) is 0 Å². The molecule has 0 rings (SSSR count). The van der Waals surface area contributed by atoms with Gasteiger partial charge in [0.25, 0.3) is 0 Å². The first-order valence-electron chi connectivity index (χ1n) is 3.94. The van der Waals surface area contributed by atoms with Gasteiger partial charge in [-0.15, -0.1) is 0 Å². The molecule has 0 atom stereocenters. The van der Waals surface area contributed by atoms with Crippen molar-refractivity contribution in [3.8, 4) is 6.07 Å². The Labute approximate surface area is 63.4 Å². The number of hydrogen-bond acceptors (Lipinski definition) is 1. The van der Waals surface area contributed by atoms with E-state index < -0.39 is 0 Å². The molecule has 0 spiro atoms. The average Bonchev–Trinajstić information content (AvgIpc) is 1.98. The lowest BCUT2D eigenvalue weighted by Gasteiger charge is -1.92. The zero-order valence-electron chi connectivity index (χ0n) is 6.85. The molecule has 0 fully saturated rings. The maximum absolute atomic E-state index is 8.57. The maximum atomic E-state index is 8.57. The summed E-state index contributed by atoms with van der Waals surface area (Å²) in [6.45, 7) is 4.22. The second-order valence-corrected chi connectivity index (χ2v) is 2.38. The SMILES string of the molecule is CCC/C=C(/C#N)CCC. The van der Waals surface area contributed by atoms with Crippen LogP contribution < -0.4 is 0 Å². The van der Waals surface area contributed by atoms with E-state index in [9.17, 15) is 0 Å². The van der Waals surface area contributed by atoms with Gasteiger partial charge in [-0.25, -0.2) is 0 Å². The second kappa shape index (κ2) is 6.35. The van der Waals surface area contributed by atoms with E-state index in [1.807, 2.05) is 6.08 Å². The Hall–Kier alpha value is -0.770. The first kappa shape index (κ1) is 9.23. The summed E-state index contributed by atoms with van der Waals surface area (Å²) in [5.74, 6) is 0. The van der Waals surface area contributed by atoms with E-state index in [1.54, 1.807) is 0 Å². The van der Waals surface area contributed by atoms with Gasteiger partial charge >= 0.3 is 0 Å². The molecule has 0 heterocycles. The first-order chi connectivity index (χ1) is 4.85. The monoisotopic (exact) mass is 137 g/mol. The Morgan fingerprint density at radius 1 is 1.40 bits per heavy atom. The predicted molar refractivity (Wildman–Crippen MR) is 43.5 cm³/mol. The van der Waals surface area contributed by atoms with Crippen LogP contribution in [0.15, 0.2) is 11.6 Å². The number of hydrogen-bond donors (Lipinski definition) is 0. The summed E-state index contributed by atoms with van der Waals surface area (Å²) in [5.41, 5.74) is 0.948. The topological polar surface area (TPSA) is 23.8 Å². The van der Waals surface area contributed by atoms with Gasteiger partial charge in [0.05, 0.1) is 6.07 Å². The van der Waals surface area contributed by atoms with E-state index in [0.717, 1.165) is 31.3 Å². The molecular formula is C9H15N. The van der Waals surface area contributed by atoms with Crippen molar-refractivity contribution in [3.05, 3.63) is 11.6 Å². The second-order valence-electron chi connectivity index (χ2n) is 2.38. The Morgan fingerprint density at radius 3 is 2.50 bits per heavy atom. The fourth-order valence-electron chi connectivity index (χ4n) is 0.792. The van der Waals surface area contributed by atoms with Gasteiger partial charge in [-0.2, -0.15) is 5.26 Å². The number of nitrogens with zero attached hydrogens (tertiary/aromatic N) is 1. The van der Waals surface area contributed by atoms with Crippen molar-refractivity contribution in [3.63, 3.8) is 0 Å². The predicted octanol–water partition coefficient (Wildman–Crippen LogP) is 3.04. The van der Waals surface area contributed by atoms with E-state index in [4.69, 9.17) is 5.26 Å². The third kappa shape index (κ3) is 4.14. The summed E-state index contributed by atoms with van der Waals surface area (Å²) in [6, 6.07) is 2.20. The molecule has 0 aromatic rings. The Morgan fingerprint density at radius 2 is 2.10 bits per heavy atom. The molecule has 1 heteroatoms. The molecule has 1 nitrogen and oxygen atoms in total. The van der Waals surface area contributed by atoms with Crippen LogP contribution in [0.3, 0.4) is 0 Å². The van der Waals surface area contributed by atoms with Gasteiger partial charge in [0.2, 0.25) is 0 Å². The van der Waals surface area contributed by atoms with Gasteiger partial charge in [-0.3, -0.25) is 0 Å². The van der Waals surface area contributed by atoms with E-state index in [-0.39, 0.29) is 0 Å². The van der Waals surface area contributed by atoms with Gasteiger partial charge in [-0.1, -0.05) is 32.8 Å². The zero-order valence-corrected chi connectivity index (χ0v) is 6.85. The Kier molecular flexibility index (Phi) is 5.86. The van der Waals surface area contributed by atoms with Crippen molar-refractivity contribution in [2.45, 2.75) is 39.5 Å². The van der Waals surface area contributed by atoms with Crippen LogP contribution in [0, 0.1) is 11.3 Å². The molecule has 0 aliphatic heterocycles. The molecule has 0 aromatic heterocycles. The molecule has 0 N–H and O–H groups in total. The maximum Gasteiger partial charge on any atom is 0.0943 e. The van der Waals surface area contributed by atoms with Crippen molar-refractivity contribution < 1.29 is 0 Å². The minimum absolute atomic E-state index is 0.941. The largest absolute Gasteiger partial charge is 0.193 e. The Balaban J connectivity index is 3.70. The highest BCUT2D eigenvalue weighted by Crippen LogP contribution is 2.04. The molecule has 0 unspecified atom stereocenters.